The molecule has 2 aromatic heterocycles. The molecule has 106 valence electrons. The summed E-state index contributed by atoms with van der Waals surface area (Å²) in [5, 5.41) is 8.62. The highest BCUT2D eigenvalue weighted by molar-refractivity contribution is 6.33. The minimum absolute atomic E-state index is 0.241. The van der Waals surface area contributed by atoms with Crippen molar-refractivity contribution in [1.82, 2.24) is 25.0 Å². The number of nitrogens with zero attached hydrogens (tertiary/aromatic N) is 4. The van der Waals surface area contributed by atoms with Crippen molar-refractivity contribution in [1.29, 1.82) is 0 Å². The number of nitrogens with one attached hydrogen (secondary N) is 1. The van der Waals surface area contributed by atoms with Crippen molar-refractivity contribution in [2.24, 2.45) is 0 Å². The molecule has 0 atom stereocenters. The van der Waals surface area contributed by atoms with Gasteiger partial charge in [0.1, 0.15) is 0 Å². The van der Waals surface area contributed by atoms with E-state index in [4.69, 9.17) is 34.8 Å². The summed E-state index contributed by atoms with van der Waals surface area (Å²) in [6, 6.07) is 5.06. The van der Waals surface area contributed by atoms with E-state index in [1.54, 1.807) is 18.2 Å². The third kappa shape index (κ3) is 2.78. The maximum Gasteiger partial charge on any atom is 0.345 e. The molecule has 9 heteroatoms. The summed E-state index contributed by atoms with van der Waals surface area (Å²) >= 11 is 17.9. The van der Waals surface area contributed by atoms with Crippen molar-refractivity contribution in [2.75, 3.05) is 0 Å². The lowest BCUT2D eigenvalue weighted by Gasteiger charge is -2.10. The molecule has 0 fully saturated rings. The minimum atomic E-state index is -0.517. The van der Waals surface area contributed by atoms with Crippen molar-refractivity contribution in [3.63, 3.8) is 0 Å². The average molecular weight is 343 g/mol. The van der Waals surface area contributed by atoms with Gasteiger partial charge in [0.15, 0.2) is 5.15 Å². The summed E-state index contributed by atoms with van der Waals surface area (Å²) in [6.45, 7) is 0. The standard InChI is InChI=1S/C12H6Cl3N5O/c13-6-1-2-9(20-5-10(15)18-19-20)7(3-6)11-8(14)4-16-12(21)17-11/h1-5H,(H,16,17,21). The summed E-state index contributed by atoms with van der Waals surface area (Å²) in [5.74, 6) is 0. The van der Waals surface area contributed by atoms with Crippen LogP contribution in [0.15, 0.2) is 35.4 Å². The van der Waals surface area contributed by atoms with Crippen LogP contribution in [-0.2, 0) is 0 Å². The van der Waals surface area contributed by atoms with E-state index in [1.807, 2.05) is 0 Å². The van der Waals surface area contributed by atoms with Gasteiger partial charge in [0, 0.05) is 10.6 Å². The Morgan fingerprint density at radius 1 is 1.19 bits per heavy atom. The van der Waals surface area contributed by atoms with E-state index in [2.05, 4.69) is 20.3 Å². The number of H-pyrrole nitrogens is 1. The predicted molar refractivity (Wildman–Crippen MR) is 80.2 cm³/mol. The second-order valence-electron chi connectivity index (χ2n) is 4.06. The predicted octanol–water partition coefficient (Wildman–Crippen LogP) is 2.98. The first-order chi connectivity index (χ1) is 10.0. The first-order valence-corrected chi connectivity index (χ1v) is 6.81. The smallest absolute Gasteiger partial charge is 0.304 e. The number of halogens is 3. The van der Waals surface area contributed by atoms with Gasteiger partial charge in [-0.15, -0.1) is 5.10 Å². The quantitative estimate of drug-likeness (QED) is 0.777. The third-order valence-corrected chi connectivity index (χ3v) is 3.40. The highest BCUT2D eigenvalue weighted by Crippen LogP contribution is 2.31. The third-order valence-electron chi connectivity index (χ3n) is 2.71. The van der Waals surface area contributed by atoms with Crippen LogP contribution in [0.3, 0.4) is 0 Å². The molecule has 0 radical (unpaired) electrons. The number of hydrogen-bond acceptors (Lipinski definition) is 4. The Morgan fingerprint density at radius 3 is 2.71 bits per heavy atom. The van der Waals surface area contributed by atoms with Crippen LogP contribution in [0, 0.1) is 0 Å². The van der Waals surface area contributed by atoms with E-state index in [0.717, 1.165) is 0 Å². The Labute approximate surface area is 133 Å². The summed E-state index contributed by atoms with van der Waals surface area (Å²) < 4.78 is 1.46. The molecule has 0 saturated carbocycles. The van der Waals surface area contributed by atoms with Crippen LogP contribution in [0.5, 0.6) is 0 Å². The molecule has 2 heterocycles. The molecule has 0 aliphatic rings. The van der Waals surface area contributed by atoms with Crippen molar-refractivity contribution >= 4 is 34.8 Å². The molecule has 1 aromatic carbocycles. The molecule has 6 nitrogen and oxygen atoms in total. The number of benzene rings is 1. The van der Waals surface area contributed by atoms with Gasteiger partial charge in [-0.25, -0.2) is 14.5 Å². The van der Waals surface area contributed by atoms with Gasteiger partial charge in [-0.2, -0.15) is 0 Å². The van der Waals surface area contributed by atoms with Crippen LogP contribution >= 0.6 is 34.8 Å². The van der Waals surface area contributed by atoms with Crippen LogP contribution in [0.2, 0.25) is 15.2 Å². The van der Waals surface area contributed by atoms with E-state index in [9.17, 15) is 4.79 Å². The highest BCUT2D eigenvalue weighted by Gasteiger charge is 2.14. The van der Waals surface area contributed by atoms with E-state index < -0.39 is 5.69 Å². The zero-order valence-corrected chi connectivity index (χ0v) is 12.5. The molecule has 0 bridgehead atoms. The zero-order chi connectivity index (χ0) is 15.0. The van der Waals surface area contributed by atoms with Gasteiger partial charge in [0.2, 0.25) is 0 Å². The van der Waals surface area contributed by atoms with E-state index >= 15 is 0 Å². The van der Waals surface area contributed by atoms with Crippen LogP contribution < -0.4 is 5.69 Å². The van der Waals surface area contributed by atoms with Gasteiger partial charge in [0.25, 0.3) is 0 Å². The van der Waals surface area contributed by atoms with Gasteiger partial charge in [-0.05, 0) is 18.2 Å². The van der Waals surface area contributed by atoms with Gasteiger partial charge in [-0.3, -0.25) is 0 Å². The summed E-state index contributed by atoms with van der Waals surface area (Å²) in [5.41, 5.74) is 1.06. The summed E-state index contributed by atoms with van der Waals surface area (Å²) in [7, 11) is 0. The van der Waals surface area contributed by atoms with Gasteiger partial charge in [0.05, 0.1) is 28.8 Å². The molecule has 0 aliphatic carbocycles. The Bertz CT molecular complexity index is 873. The largest absolute Gasteiger partial charge is 0.345 e. The molecule has 0 spiro atoms. The molecule has 1 N–H and O–H groups in total. The van der Waals surface area contributed by atoms with Gasteiger partial charge in [-0.1, -0.05) is 40.0 Å². The Kier molecular flexibility index (Phi) is 3.67. The van der Waals surface area contributed by atoms with E-state index in [0.29, 0.717) is 22.0 Å². The maximum absolute atomic E-state index is 11.4. The summed E-state index contributed by atoms with van der Waals surface area (Å²) in [4.78, 5) is 17.6. The molecule has 3 aromatic rings. The van der Waals surface area contributed by atoms with Crippen LogP contribution in [0.25, 0.3) is 16.9 Å². The molecular formula is C12H6Cl3N5O. The fraction of sp³-hybridized carbons (Fsp3) is 0. The molecule has 3 rings (SSSR count). The molecule has 0 saturated heterocycles. The number of aromatic nitrogens is 5. The molecular weight excluding hydrogens is 337 g/mol. The Morgan fingerprint density at radius 2 is 2.00 bits per heavy atom. The molecule has 0 amide bonds. The van der Waals surface area contributed by atoms with Gasteiger partial charge >= 0.3 is 5.69 Å². The van der Waals surface area contributed by atoms with Crippen LogP contribution in [0.4, 0.5) is 0 Å². The summed E-state index contributed by atoms with van der Waals surface area (Å²) in [6.07, 6.45) is 2.80. The van der Waals surface area contributed by atoms with Crippen molar-refractivity contribution in [2.45, 2.75) is 0 Å². The van der Waals surface area contributed by atoms with Crippen molar-refractivity contribution < 1.29 is 0 Å². The van der Waals surface area contributed by atoms with Crippen LogP contribution in [-0.4, -0.2) is 25.0 Å². The number of aromatic amines is 1. The normalized spacial score (nSPS) is 10.8. The monoisotopic (exact) mass is 341 g/mol. The van der Waals surface area contributed by atoms with E-state index in [-0.39, 0.29) is 10.2 Å². The fourth-order valence-electron chi connectivity index (χ4n) is 1.84. The maximum atomic E-state index is 11.4. The van der Waals surface area contributed by atoms with Gasteiger partial charge < -0.3 is 4.98 Å². The SMILES string of the molecule is O=c1ncc(Cl)c(-c2cc(Cl)ccc2-n2cc(Cl)nn2)[nH]1. The lowest BCUT2D eigenvalue weighted by Crippen LogP contribution is -2.11. The molecule has 0 aliphatic heterocycles. The lowest BCUT2D eigenvalue weighted by atomic mass is 10.1. The first-order valence-electron chi connectivity index (χ1n) is 5.67. The average Bonchev–Trinajstić information content (AvgIpc) is 2.88. The number of hydrogen-bond donors (Lipinski definition) is 1. The first kappa shape index (κ1) is 14.1. The second-order valence-corrected chi connectivity index (χ2v) is 5.29. The fourth-order valence-corrected chi connectivity index (χ4v) is 2.34. The second kappa shape index (κ2) is 5.48. The zero-order valence-electron chi connectivity index (χ0n) is 10.2. The van der Waals surface area contributed by atoms with Crippen molar-refractivity contribution in [3.05, 3.63) is 56.3 Å². The van der Waals surface area contributed by atoms with Crippen molar-refractivity contribution in [3.8, 4) is 16.9 Å². The number of rotatable bonds is 2. The molecule has 0 unspecified atom stereocenters. The molecule has 21 heavy (non-hydrogen) atoms. The topological polar surface area (TPSA) is 76.5 Å². The van der Waals surface area contributed by atoms with E-state index in [1.165, 1.54) is 17.1 Å². The minimum Gasteiger partial charge on any atom is -0.304 e. The van der Waals surface area contributed by atoms with Crippen LogP contribution in [0.1, 0.15) is 0 Å². The Balaban J connectivity index is 2.28. The Hall–Kier alpha value is -1.89. The highest BCUT2D eigenvalue weighted by atomic mass is 35.5. The lowest BCUT2D eigenvalue weighted by molar-refractivity contribution is 0.804.